The van der Waals surface area contributed by atoms with Gasteiger partial charge in [0.15, 0.2) is 0 Å². The average Bonchev–Trinajstić information content (AvgIpc) is 3.26. The fraction of sp³-hybridized carbons (Fsp3) is 0.391. The molecule has 6 heteroatoms. The van der Waals surface area contributed by atoms with Crippen molar-refractivity contribution in [1.82, 2.24) is 9.55 Å². The lowest BCUT2D eigenvalue weighted by atomic mass is 10.1. The summed E-state index contributed by atoms with van der Waals surface area (Å²) < 4.78 is 15.8. The van der Waals surface area contributed by atoms with Gasteiger partial charge in [-0.15, -0.1) is 0 Å². The molecule has 0 radical (unpaired) electrons. The Morgan fingerprint density at radius 2 is 2.03 bits per heavy atom. The van der Waals surface area contributed by atoms with Gasteiger partial charge in [-0.1, -0.05) is 0 Å². The molecule has 0 spiro atoms. The Bertz CT molecular complexity index is 1070. The van der Waals surface area contributed by atoms with Crippen LogP contribution in [0, 0.1) is 18.7 Å². The Hall–Kier alpha value is -2.73. The van der Waals surface area contributed by atoms with E-state index in [0.717, 1.165) is 52.9 Å². The third-order valence-electron chi connectivity index (χ3n) is 5.75. The van der Waals surface area contributed by atoms with E-state index in [4.69, 9.17) is 10.7 Å². The molecule has 29 heavy (non-hydrogen) atoms. The molecule has 1 heterocycles. The second kappa shape index (κ2) is 7.59. The van der Waals surface area contributed by atoms with Gasteiger partial charge >= 0.3 is 0 Å². The monoisotopic (exact) mass is 394 g/mol. The van der Waals surface area contributed by atoms with Crippen LogP contribution in [-0.2, 0) is 4.79 Å². The highest BCUT2D eigenvalue weighted by molar-refractivity contribution is 5.94. The van der Waals surface area contributed by atoms with Crippen LogP contribution in [0.5, 0.6) is 0 Å². The fourth-order valence-electron chi connectivity index (χ4n) is 4.22. The molecule has 1 aromatic heterocycles. The number of anilines is 1. The second-order valence-electron chi connectivity index (χ2n) is 8.32. The summed E-state index contributed by atoms with van der Waals surface area (Å²) in [6.45, 7) is 6.09. The molecule has 2 atom stereocenters. The Morgan fingerprint density at radius 3 is 2.69 bits per heavy atom. The van der Waals surface area contributed by atoms with E-state index in [-0.39, 0.29) is 29.7 Å². The number of carbonyl (C=O) groups is 1. The molecular weight excluding hydrogens is 367 g/mol. The van der Waals surface area contributed by atoms with Crippen molar-refractivity contribution >= 4 is 22.6 Å². The number of rotatable bonds is 4. The zero-order chi connectivity index (χ0) is 20.7. The maximum atomic E-state index is 13.8. The average molecular weight is 394 g/mol. The van der Waals surface area contributed by atoms with Crippen LogP contribution in [0.1, 0.15) is 44.7 Å². The molecule has 3 aromatic rings. The molecule has 5 nitrogen and oxygen atoms in total. The maximum Gasteiger partial charge on any atom is 0.227 e. The summed E-state index contributed by atoms with van der Waals surface area (Å²) in [5.41, 5.74) is 10.2. The van der Waals surface area contributed by atoms with Gasteiger partial charge < -0.3 is 15.6 Å². The molecule has 3 N–H and O–H groups in total. The highest BCUT2D eigenvalue weighted by Gasteiger charge is 2.28. The third kappa shape index (κ3) is 3.77. The standard InChI is InChI=1S/C23H27FN4O/c1-13(2)28-21-12-17(24)6-9-20(21)26-22(28)15-5-8-19(14(3)10-15)27-23(29)16-4-7-18(25)11-16/h5-6,8-10,12-13,16,18H,4,7,11,25H2,1-3H3,(H,27,29). The first-order valence-corrected chi connectivity index (χ1v) is 10.2. The van der Waals surface area contributed by atoms with Crippen LogP contribution in [-0.4, -0.2) is 21.5 Å². The number of aromatic nitrogens is 2. The van der Waals surface area contributed by atoms with Gasteiger partial charge in [-0.25, -0.2) is 9.37 Å². The Labute approximate surface area is 170 Å². The van der Waals surface area contributed by atoms with Crippen molar-refractivity contribution in [2.24, 2.45) is 11.7 Å². The Kier molecular flexibility index (Phi) is 5.13. The van der Waals surface area contributed by atoms with Gasteiger partial charge in [0.1, 0.15) is 11.6 Å². The largest absolute Gasteiger partial charge is 0.328 e. The molecular formula is C23H27FN4O. The van der Waals surface area contributed by atoms with Gasteiger partial charge in [-0.3, -0.25) is 4.79 Å². The lowest BCUT2D eigenvalue weighted by molar-refractivity contribution is -0.119. The van der Waals surface area contributed by atoms with E-state index >= 15 is 0 Å². The second-order valence-corrected chi connectivity index (χ2v) is 8.32. The summed E-state index contributed by atoms with van der Waals surface area (Å²) in [4.78, 5) is 17.3. The minimum absolute atomic E-state index is 0.0101. The van der Waals surface area contributed by atoms with E-state index in [1.54, 1.807) is 6.07 Å². The van der Waals surface area contributed by atoms with Crippen molar-refractivity contribution in [3.05, 3.63) is 47.8 Å². The molecule has 1 saturated carbocycles. The van der Waals surface area contributed by atoms with Crippen LogP contribution < -0.4 is 11.1 Å². The number of nitrogens with zero attached hydrogens (tertiary/aromatic N) is 2. The number of imidazole rings is 1. The van der Waals surface area contributed by atoms with Crippen LogP contribution in [0.4, 0.5) is 10.1 Å². The summed E-state index contributed by atoms with van der Waals surface area (Å²) in [5.74, 6) is 0.554. The number of benzene rings is 2. The van der Waals surface area contributed by atoms with Crippen LogP contribution in [0.25, 0.3) is 22.4 Å². The van der Waals surface area contributed by atoms with Crippen molar-refractivity contribution in [3.63, 3.8) is 0 Å². The first-order valence-electron chi connectivity index (χ1n) is 10.2. The summed E-state index contributed by atoms with van der Waals surface area (Å²) in [6.07, 6.45) is 2.50. The zero-order valence-electron chi connectivity index (χ0n) is 17.1. The molecule has 1 aliphatic rings. The normalized spacial score (nSPS) is 19.2. The number of aryl methyl sites for hydroxylation is 1. The van der Waals surface area contributed by atoms with Gasteiger partial charge in [0, 0.05) is 29.3 Å². The van der Waals surface area contributed by atoms with Crippen LogP contribution >= 0.6 is 0 Å². The SMILES string of the molecule is Cc1cc(-c2nc3ccc(F)cc3n2C(C)C)ccc1NC(=O)C1CCC(N)C1. The summed E-state index contributed by atoms with van der Waals surface area (Å²) in [6, 6.07) is 10.8. The van der Waals surface area contributed by atoms with E-state index in [1.807, 2.05) is 29.7 Å². The first-order chi connectivity index (χ1) is 13.8. The Morgan fingerprint density at radius 1 is 1.24 bits per heavy atom. The van der Waals surface area contributed by atoms with Crippen molar-refractivity contribution in [3.8, 4) is 11.4 Å². The number of hydrogen-bond acceptors (Lipinski definition) is 3. The smallest absolute Gasteiger partial charge is 0.227 e. The topological polar surface area (TPSA) is 72.9 Å². The van der Waals surface area contributed by atoms with E-state index in [2.05, 4.69) is 19.2 Å². The quantitative estimate of drug-likeness (QED) is 0.668. The highest BCUT2D eigenvalue weighted by Crippen LogP contribution is 2.32. The van der Waals surface area contributed by atoms with Crippen molar-refractivity contribution in [2.75, 3.05) is 5.32 Å². The number of amides is 1. The van der Waals surface area contributed by atoms with Crippen LogP contribution in [0.3, 0.4) is 0 Å². The molecule has 0 saturated heterocycles. The number of hydrogen-bond donors (Lipinski definition) is 2. The van der Waals surface area contributed by atoms with E-state index in [9.17, 15) is 9.18 Å². The molecule has 4 rings (SSSR count). The molecule has 1 fully saturated rings. The van der Waals surface area contributed by atoms with Gasteiger partial charge in [0.25, 0.3) is 0 Å². The fourth-order valence-corrected chi connectivity index (χ4v) is 4.22. The molecule has 2 unspecified atom stereocenters. The van der Waals surface area contributed by atoms with Crippen LogP contribution in [0.2, 0.25) is 0 Å². The number of fused-ring (bicyclic) bond motifs is 1. The minimum Gasteiger partial charge on any atom is -0.328 e. The van der Waals surface area contributed by atoms with Crippen LogP contribution in [0.15, 0.2) is 36.4 Å². The number of nitrogens with two attached hydrogens (primary N) is 1. The van der Waals surface area contributed by atoms with Gasteiger partial charge in [-0.05, 0) is 82.0 Å². The first kappa shape index (κ1) is 19.6. The van der Waals surface area contributed by atoms with Gasteiger partial charge in [0.2, 0.25) is 5.91 Å². The molecule has 1 amide bonds. The third-order valence-corrected chi connectivity index (χ3v) is 5.75. The summed E-state index contributed by atoms with van der Waals surface area (Å²) >= 11 is 0. The van der Waals surface area contributed by atoms with E-state index in [1.165, 1.54) is 12.1 Å². The molecule has 2 aromatic carbocycles. The number of carbonyl (C=O) groups excluding carboxylic acids is 1. The summed E-state index contributed by atoms with van der Waals surface area (Å²) in [7, 11) is 0. The van der Waals surface area contributed by atoms with Crippen molar-refractivity contribution in [2.45, 2.75) is 52.1 Å². The molecule has 0 aliphatic heterocycles. The minimum atomic E-state index is -0.272. The van der Waals surface area contributed by atoms with Gasteiger partial charge in [-0.2, -0.15) is 0 Å². The van der Waals surface area contributed by atoms with Gasteiger partial charge in [0.05, 0.1) is 11.0 Å². The number of halogens is 1. The highest BCUT2D eigenvalue weighted by atomic mass is 19.1. The number of nitrogens with one attached hydrogen (secondary N) is 1. The molecule has 0 bridgehead atoms. The summed E-state index contributed by atoms with van der Waals surface area (Å²) in [5, 5.41) is 3.05. The predicted octanol–water partition coefficient (Wildman–Crippen LogP) is 4.80. The molecule has 1 aliphatic carbocycles. The van der Waals surface area contributed by atoms with E-state index < -0.39 is 0 Å². The lowest BCUT2D eigenvalue weighted by Gasteiger charge is -2.16. The van der Waals surface area contributed by atoms with E-state index in [0.29, 0.717) is 0 Å². The molecule has 152 valence electrons. The van der Waals surface area contributed by atoms with Crippen molar-refractivity contribution in [1.29, 1.82) is 0 Å². The predicted molar refractivity (Wildman–Crippen MR) is 114 cm³/mol. The zero-order valence-corrected chi connectivity index (χ0v) is 17.1. The van der Waals surface area contributed by atoms with Crippen molar-refractivity contribution < 1.29 is 9.18 Å². The maximum absolute atomic E-state index is 13.8. The lowest BCUT2D eigenvalue weighted by Crippen LogP contribution is -2.23. The Balaban J connectivity index is 1.66.